The van der Waals surface area contributed by atoms with E-state index in [-0.39, 0.29) is 36.0 Å². The van der Waals surface area contributed by atoms with Gasteiger partial charge in [0.05, 0.1) is 6.04 Å². The molecule has 180 valence electrons. The van der Waals surface area contributed by atoms with Crippen molar-refractivity contribution in [2.75, 3.05) is 26.2 Å². The van der Waals surface area contributed by atoms with Crippen LogP contribution in [0.15, 0.2) is 35.7 Å². The van der Waals surface area contributed by atoms with E-state index in [1.807, 2.05) is 56.9 Å². The summed E-state index contributed by atoms with van der Waals surface area (Å²) in [7, 11) is 0. The SMILES string of the molecule is Cc1ccc(OCC2c3ccsc3CCN2C(=O)CN(CC(C)C)C(=O)NC(C)(C)C)cc1. The molecule has 33 heavy (non-hydrogen) atoms. The Morgan fingerprint density at radius 2 is 1.91 bits per heavy atom. The first-order valence-corrected chi connectivity index (χ1v) is 12.5. The van der Waals surface area contributed by atoms with Gasteiger partial charge in [0.15, 0.2) is 0 Å². The normalized spacial score (nSPS) is 15.8. The van der Waals surface area contributed by atoms with Crippen molar-refractivity contribution in [1.29, 1.82) is 0 Å². The number of ether oxygens (including phenoxy) is 1. The molecule has 1 aliphatic rings. The summed E-state index contributed by atoms with van der Waals surface area (Å²) in [5, 5.41) is 5.08. The van der Waals surface area contributed by atoms with E-state index in [1.54, 1.807) is 16.2 Å². The van der Waals surface area contributed by atoms with Gasteiger partial charge >= 0.3 is 6.03 Å². The van der Waals surface area contributed by atoms with Crippen molar-refractivity contribution in [1.82, 2.24) is 15.1 Å². The zero-order valence-electron chi connectivity index (χ0n) is 20.7. The van der Waals surface area contributed by atoms with Gasteiger partial charge in [-0.3, -0.25) is 4.79 Å². The smallest absolute Gasteiger partial charge is 0.318 e. The van der Waals surface area contributed by atoms with Gasteiger partial charge in [-0.05, 0) is 69.2 Å². The molecule has 0 saturated heterocycles. The summed E-state index contributed by atoms with van der Waals surface area (Å²) in [5.41, 5.74) is 1.97. The first-order valence-electron chi connectivity index (χ1n) is 11.7. The lowest BCUT2D eigenvalue weighted by atomic mass is 10.0. The Bertz CT molecular complexity index is 946. The second-order valence-corrected chi connectivity index (χ2v) is 11.2. The Labute approximate surface area is 201 Å². The first-order chi connectivity index (χ1) is 15.5. The largest absolute Gasteiger partial charge is 0.491 e. The monoisotopic (exact) mass is 471 g/mol. The van der Waals surface area contributed by atoms with E-state index in [9.17, 15) is 9.59 Å². The van der Waals surface area contributed by atoms with Crippen LogP contribution in [0.5, 0.6) is 5.75 Å². The molecule has 0 saturated carbocycles. The van der Waals surface area contributed by atoms with Crippen LogP contribution in [0.25, 0.3) is 0 Å². The fourth-order valence-corrected chi connectivity index (χ4v) is 4.93. The molecule has 6 nitrogen and oxygen atoms in total. The van der Waals surface area contributed by atoms with Crippen LogP contribution < -0.4 is 10.1 Å². The van der Waals surface area contributed by atoms with Crippen LogP contribution in [0, 0.1) is 12.8 Å². The van der Waals surface area contributed by atoms with Crippen LogP contribution in [0.3, 0.4) is 0 Å². The number of hydrogen-bond acceptors (Lipinski definition) is 4. The number of nitrogens with zero attached hydrogens (tertiary/aromatic N) is 2. The lowest BCUT2D eigenvalue weighted by Gasteiger charge is -2.37. The molecule has 7 heteroatoms. The number of hydrogen-bond donors (Lipinski definition) is 1. The highest BCUT2D eigenvalue weighted by molar-refractivity contribution is 7.10. The zero-order valence-corrected chi connectivity index (χ0v) is 21.5. The maximum atomic E-state index is 13.5. The van der Waals surface area contributed by atoms with Gasteiger partial charge in [0.1, 0.15) is 18.9 Å². The summed E-state index contributed by atoms with van der Waals surface area (Å²) in [6.07, 6.45) is 0.831. The fourth-order valence-electron chi connectivity index (χ4n) is 4.00. The minimum Gasteiger partial charge on any atom is -0.491 e. The lowest BCUT2D eigenvalue weighted by Crippen LogP contribution is -2.53. The van der Waals surface area contributed by atoms with Crippen LogP contribution in [0.1, 0.15) is 56.7 Å². The Morgan fingerprint density at radius 1 is 1.21 bits per heavy atom. The third-order valence-corrected chi connectivity index (χ3v) is 6.52. The molecule has 0 radical (unpaired) electrons. The van der Waals surface area contributed by atoms with Crippen LogP contribution in [-0.4, -0.2) is 53.5 Å². The van der Waals surface area contributed by atoms with Crippen molar-refractivity contribution < 1.29 is 14.3 Å². The van der Waals surface area contributed by atoms with Crippen LogP contribution in [0.4, 0.5) is 4.79 Å². The number of carbonyl (C=O) groups is 2. The van der Waals surface area contributed by atoms with Gasteiger partial charge in [0.2, 0.25) is 5.91 Å². The van der Waals surface area contributed by atoms with Crippen molar-refractivity contribution >= 4 is 23.3 Å². The molecule has 1 aromatic heterocycles. The van der Waals surface area contributed by atoms with E-state index in [0.29, 0.717) is 19.7 Å². The summed E-state index contributed by atoms with van der Waals surface area (Å²) in [6.45, 7) is 13.6. The number of fused-ring (bicyclic) bond motifs is 1. The Hall–Kier alpha value is -2.54. The van der Waals surface area contributed by atoms with Crippen molar-refractivity contribution in [3.05, 3.63) is 51.7 Å². The Balaban J connectivity index is 1.76. The molecule has 1 aromatic carbocycles. The van der Waals surface area contributed by atoms with Crippen molar-refractivity contribution in [2.45, 2.75) is 59.5 Å². The minimum atomic E-state index is -0.365. The number of urea groups is 1. The number of rotatable bonds is 7. The molecular formula is C26H37N3O3S. The summed E-state index contributed by atoms with van der Waals surface area (Å²) in [5.74, 6) is 1.00. The molecule has 1 N–H and O–H groups in total. The van der Waals surface area contributed by atoms with Crippen LogP contribution in [-0.2, 0) is 11.2 Å². The molecule has 0 spiro atoms. The molecular weight excluding hydrogens is 434 g/mol. The molecule has 0 bridgehead atoms. The zero-order chi connectivity index (χ0) is 24.2. The summed E-state index contributed by atoms with van der Waals surface area (Å²) in [4.78, 5) is 31.3. The average molecular weight is 472 g/mol. The van der Waals surface area contributed by atoms with E-state index in [0.717, 1.165) is 17.7 Å². The van der Waals surface area contributed by atoms with E-state index in [4.69, 9.17) is 4.74 Å². The predicted molar refractivity (Wildman–Crippen MR) is 134 cm³/mol. The summed E-state index contributed by atoms with van der Waals surface area (Å²) in [6, 6.07) is 9.69. The first kappa shape index (κ1) is 25.1. The van der Waals surface area contributed by atoms with Gasteiger partial charge in [-0.25, -0.2) is 4.79 Å². The van der Waals surface area contributed by atoms with Gasteiger partial charge < -0.3 is 19.9 Å². The molecule has 3 rings (SSSR count). The second-order valence-electron chi connectivity index (χ2n) is 10.2. The van der Waals surface area contributed by atoms with Gasteiger partial charge in [-0.1, -0.05) is 31.5 Å². The van der Waals surface area contributed by atoms with Crippen molar-refractivity contribution in [3.8, 4) is 5.75 Å². The number of aryl methyl sites for hydroxylation is 1. The molecule has 2 aromatic rings. The molecule has 1 atom stereocenters. The standard InChI is InChI=1S/C26H37N3O3S/c1-18(2)15-28(25(31)27-26(4,5)6)16-24(30)29-13-11-23-21(12-14-33-23)22(29)17-32-20-9-7-19(3)8-10-20/h7-10,12,14,18,22H,11,13,15-17H2,1-6H3,(H,27,31). The summed E-state index contributed by atoms with van der Waals surface area (Å²) < 4.78 is 6.11. The fraction of sp³-hybridized carbons (Fsp3) is 0.538. The number of nitrogens with one attached hydrogen (secondary N) is 1. The van der Waals surface area contributed by atoms with E-state index in [1.165, 1.54) is 10.4 Å². The van der Waals surface area contributed by atoms with Gasteiger partial charge in [-0.2, -0.15) is 0 Å². The third-order valence-electron chi connectivity index (χ3n) is 5.52. The molecule has 2 heterocycles. The van der Waals surface area contributed by atoms with Crippen LogP contribution >= 0.6 is 11.3 Å². The highest BCUT2D eigenvalue weighted by Gasteiger charge is 2.34. The molecule has 0 aliphatic carbocycles. The quantitative estimate of drug-likeness (QED) is 0.616. The molecule has 3 amide bonds. The van der Waals surface area contributed by atoms with E-state index >= 15 is 0 Å². The minimum absolute atomic E-state index is 0.0472. The molecule has 1 aliphatic heterocycles. The number of amides is 3. The van der Waals surface area contributed by atoms with Gasteiger partial charge in [0.25, 0.3) is 0 Å². The maximum absolute atomic E-state index is 13.5. The number of carbonyl (C=O) groups excluding carboxylic acids is 2. The topological polar surface area (TPSA) is 61.9 Å². The Kier molecular flexibility index (Phi) is 8.05. The lowest BCUT2D eigenvalue weighted by molar-refractivity contribution is -0.135. The molecule has 0 fully saturated rings. The van der Waals surface area contributed by atoms with Gasteiger partial charge in [-0.15, -0.1) is 11.3 Å². The average Bonchev–Trinajstić information content (AvgIpc) is 3.20. The number of thiophene rings is 1. The van der Waals surface area contributed by atoms with Crippen molar-refractivity contribution in [3.63, 3.8) is 0 Å². The highest BCUT2D eigenvalue weighted by Crippen LogP contribution is 2.34. The third kappa shape index (κ3) is 6.97. The van der Waals surface area contributed by atoms with Crippen molar-refractivity contribution in [2.24, 2.45) is 5.92 Å². The highest BCUT2D eigenvalue weighted by atomic mass is 32.1. The second kappa shape index (κ2) is 10.6. The van der Waals surface area contributed by atoms with E-state index in [2.05, 4.69) is 30.6 Å². The maximum Gasteiger partial charge on any atom is 0.318 e. The predicted octanol–water partition coefficient (Wildman–Crippen LogP) is 5.03. The van der Waals surface area contributed by atoms with Crippen LogP contribution in [0.2, 0.25) is 0 Å². The number of benzene rings is 1. The molecule has 1 unspecified atom stereocenters. The Morgan fingerprint density at radius 3 is 2.55 bits per heavy atom. The van der Waals surface area contributed by atoms with E-state index < -0.39 is 0 Å². The summed E-state index contributed by atoms with van der Waals surface area (Å²) >= 11 is 1.73. The van der Waals surface area contributed by atoms with Gasteiger partial charge in [0, 0.05) is 23.5 Å².